The van der Waals surface area contributed by atoms with Gasteiger partial charge in [-0.15, -0.1) is 0 Å². The van der Waals surface area contributed by atoms with Crippen LogP contribution in [0.3, 0.4) is 0 Å². The first kappa shape index (κ1) is 34.8. The van der Waals surface area contributed by atoms with Crippen LogP contribution in [0.2, 0.25) is 0 Å². The highest BCUT2D eigenvalue weighted by atomic mass is 15.0. The summed E-state index contributed by atoms with van der Waals surface area (Å²) in [5, 5.41) is 2.46. The molecule has 7 aromatic carbocycles. The summed E-state index contributed by atoms with van der Waals surface area (Å²) in [6.45, 7) is 9.56. The van der Waals surface area contributed by atoms with E-state index < -0.39 is 0 Å². The van der Waals surface area contributed by atoms with Gasteiger partial charge in [0, 0.05) is 33.2 Å². The molecule has 0 saturated heterocycles. The molecule has 0 aliphatic heterocycles. The molecule has 2 aromatic heterocycles. The first-order chi connectivity index (χ1) is 27.7. The van der Waals surface area contributed by atoms with Gasteiger partial charge >= 0.3 is 0 Å². The van der Waals surface area contributed by atoms with E-state index >= 15 is 0 Å². The van der Waals surface area contributed by atoms with Gasteiger partial charge in [0.2, 0.25) is 0 Å². The largest absolute Gasteiger partial charge is 0.309 e. The number of hydrogen-bond donors (Lipinski definition) is 0. The van der Waals surface area contributed by atoms with Crippen LogP contribution in [0.25, 0.3) is 83.9 Å². The van der Waals surface area contributed by atoms with Gasteiger partial charge in [0.25, 0.3) is 0 Å². The third-order valence-corrected chi connectivity index (χ3v) is 12.1. The summed E-state index contributed by atoms with van der Waals surface area (Å²) in [7, 11) is 0. The normalized spacial score (nSPS) is 14.5. The zero-order valence-corrected chi connectivity index (χ0v) is 32.9. The van der Waals surface area contributed by atoms with Crippen LogP contribution in [0.5, 0.6) is 0 Å². The van der Waals surface area contributed by atoms with Crippen LogP contribution in [0, 0.1) is 0 Å². The first-order valence-electron chi connectivity index (χ1n) is 20.0. The Morgan fingerprint density at radius 2 is 0.860 bits per heavy atom. The second kappa shape index (κ2) is 13.5. The van der Waals surface area contributed by atoms with Crippen molar-refractivity contribution in [3.8, 4) is 62.1 Å². The lowest BCUT2D eigenvalue weighted by Crippen LogP contribution is -2.33. The molecule has 1 aliphatic rings. The van der Waals surface area contributed by atoms with Gasteiger partial charge in [-0.3, -0.25) is 0 Å². The molecule has 0 N–H and O–H groups in total. The number of aromatic nitrogens is 4. The molecule has 0 unspecified atom stereocenters. The van der Waals surface area contributed by atoms with Crippen LogP contribution in [-0.4, -0.2) is 19.5 Å². The maximum absolute atomic E-state index is 5.30. The van der Waals surface area contributed by atoms with Gasteiger partial charge in [0.1, 0.15) is 0 Å². The van der Waals surface area contributed by atoms with Crippen LogP contribution < -0.4 is 0 Å². The van der Waals surface area contributed by atoms with E-state index in [-0.39, 0.29) is 10.8 Å². The Morgan fingerprint density at radius 3 is 1.51 bits per heavy atom. The SMILES string of the molecule is CC1(C)CCC(C)(C)c2cc(-c3cc(-c4ccccc4)cc(-c4nc(-c5ccccc5)nc(-c5cccc(-n6c7ccccc7c7ccccc76)c5)n4)c3)ccc21. The van der Waals surface area contributed by atoms with Crippen molar-refractivity contribution in [3.63, 3.8) is 0 Å². The van der Waals surface area contributed by atoms with E-state index in [0.29, 0.717) is 17.5 Å². The molecular weight excluding hydrogens is 693 g/mol. The van der Waals surface area contributed by atoms with E-state index in [2.05, 4.69) is 184 Å². The molecule has 1 aliphatic carbocycles. The maximum Gasteiger partial charge on any atom is 0.164 e. The smallest absolute Gasteiger partial charge is 0.164 e. The van der Waals surface area contributed by atoms with Crippen molar-refractivity contribution in [1.82, 2.24) is 19.5 Å². The number of nitrogens with zero attached hydrogens (tertiary/aromatic N) is 4. The van der Waals surface area contributed by atoms with Crippen molar-refractivity contribution in [2.24, 2.45) is 0 Å². The molecule has 0 spiro atoms. The second-order valence-electron chi connectivity index (χ2n) is 16.8. The monoisotopic (exact) mass is 736 g/mol. The number of benzene rings is 7. The summed E-state index contributed by atoms with van der Waals surface area (Å²) >= 11 is 0. The van der Waals surface area contributed by atoms with Gasteiger partial charge in [-0.25, -0.2) is 15.0 Å². The number of fused-ring (bicyclic) bond motifs is 4. The molecule has 0 bridgehead atoms. The maximum atomic E-state index is 5.30. The van der Waals surface area contributed by atoms with E-state index in [0.717, 1.165) is 50.1 Å². The van der Waals surface area contributed by atoms with Crippen molar-refractivity contribution >= 4 is 21.8 Å². The van der Waals surface area contributed by atoms with E-state index in [1.807, 2.05) is 18.2 Å². The minimum Gasteiger partial charge on any atom is -0.309 e. The average Bonchev–Trinajstić information content (AvgIpc) is 3.60. The quantitative estimate of drug-likeness (QED) is 0.171. The summed E-state index contributed by atoms with van der Waals surface area (Å²) in [4.78, 5) is 15.7. The molecule has 10 rings (SSSR count). The average molecular weight is 737 g/mol. The highest BCUT2D eigenvalue weighted by Crippen LogP contribution is 2.47. The molecule has 0 saturated carbocycles. The summed E-state index contributed by atoms with van der Waals surface area (Å²) in [5.74, 6) is 1.91. The number of para-hydroxylation sites is 2. The first-order valence-corrected chi connectivity index (χ1v) is 20.0. The predicted molar refractivity (Wildman–Crippen MR) is 237 cm³/mol. The van der Waals surface area contributed by atoms with E-state index in [1.165, 1.54) is 40.3 Å². The number of hydrogen-bond acceptors (Lipinski definition) is 3. The lowest BCUT2D eigenvalue weighted by atomic mass is 9.63. The zero-order chi connectivity index (χ0) is 38.7. The fraction of sp³-hybridized carbons (Fsp3) is 0.151. The molecule has 0 radical (unpaired) electrons. The molecule has 0 fully saturated rings. The predicted octanol–water partition coefficient (Wildman–Crippen LogP) is 13.7. The minimum atomic E-state index is 0.0994. The summed E-state index contributed by atoms with van der Waals surface area (Å²) in [6.07, 6.45) is 2.35. The fourth-order valence-electron chi connectivity index (χ4n) is 8.82. The van der Waals surface area contributed by atoms with Crippen molar-refractivity contribution < 1.29 is 0 Å². The second-order valence-corrected chi connectivity index (χ2v) is 16.8. The van der Waals surface area contributed by atoms with Gasteiger partial charge < -0.3 is 4.57 Å². The Kier molecular flexibility index (Phi) is 8.26. The molecule has 2 heterocycles. The summed E-state index contributed by atoms with van der Waals surface area (Å²) in [5.41, 5.74) is 14.0. The molecule has 4 heteroatoms. The Hall–Kier alpha value is -6.65. The van der Waals surface area contributed by atoms with Crippen LogP contribution in [-0.2, 0) is 10.8 Å². The van der Waals surface area contributed by atoms with E-state index in [4.69, 9.17) is 15.0 Å². The molecule has 4 nitrogen and oxygen atoms in total. The Labute approximate surface area is 334 Å². The molecule has 57 heavy (non-hydrogen) atoms. The molecule has 0 amide bonds. The third-order valence-electron chi connectivity index (χ3n) is 12.1. The van der Waals surface area contributed by atoms with Crippen LogP contribution in [0.1, 0.15) is 51.7 Å². The standard InChI is InChI=1S/C53H44N4/c1-52(2)28-29-53(3,4)46-34-37(26-27-45(46)52)40-30-39(35-16-7-5-8-17-35)31-41(32-40)51-55-49(36-18-9-6-10-19-36)54-50(56-51)38-20-15-21-42(33-38)57-47-24-13-11-22-43(47)44-23-12-14-25-48(44)57/h5-27,30-34H,28-29H2,1-4H3. The van der Waals surface area contributed by atoms with Gasteiger partial charge in [-0.2, -0.15) is 0 Å². The van der Waals surface area contributed by atoms with Crippen molar-refractivity contribution in [3.05, 3.63) is 181 Å². The summed E-state index contributed by atoms with van der Waals surface area (Å²) in [6, 6.07) is 60.6. The molecule has 276 valence electrons. The van der Waals surface area contributed by atoms with E-state index in [9.17, 15) is 0 Å². The van der Waals surface area contributed by atoms with E-state index in [1.54, 1.807) is 0 Å². The van der Waals surface area contributed by atoms with Crippen molar-refractivity contribution in [2.45, 2.75) is 51.4 Å². The van der Waals surface area contributed by atoms with Gasteiger partial charge in [-0.05, 0) is 99.5 Å². The zero-order valence-electron chi connectivity index (χ0n) is 32.9. The van der Waals surface area contributed by atoms with Crippen molar-refractivity contribution in [1.29, 1.82) is 0 Å². The highest BCUT2D eigenvalue weighted by molar-refractivity contribution is 6.09. The molecular formula is C53H44N4. The topological polar surface area (TPSA) is 43.6 Å². The Bertz CT molecular complexity index is 2900. The molecule has 9 aromatic rings. The lowest BCUT2D eigenvalue weighted by molar-refractivity contribution is 0.332. The Morgan fingerprint density at radius 1 is 0.368 bits per heavy atom. The third kappa shape index (κ3) is 6.22. The fourth-order valence-corrected chi connectivity index (χ4v) is 8.82. The summed E-state index contributed by atoms with van der Waals surface area (Å²) < 4.78 is 2.34. The van der Waals surface area contributed by atoms with Gasteiger partial charge in [0.05, 0.1) is 11.0 Å². The van der Waals surface area contributed by atoms with Crippen molar-refractivity contribution in [2.75, 3.05) is 0 Å². The number of rotatable bonds is 6. The van der Waals surface area contributed by atoms with Crippen LogP contribution in [0.15, 0.2) is 170 Å². The van der Waals surface area contributed by atoms with Crippen LogP contribution in [0.4, 0.5) is 0 Å². The highest BCUT2D eigenvalue weighted by Gasteiger charge is 2.37. The van der Waals surface area contributed by atoms with Gasteiger partial charge in [0.15, 0.2) is 17.5 Å². The van der Waals surface area contributed by atoms with Crippen LogP contribution >= 0.6 is 0 Å². The lowest BCUT2D eigenvalue weighted by Gasteiger charge is -2.42. The van der Waals surface area contributed by atoms with Gasteiger partial charge in [-0.1, -0.05) is 155 Å². The molecule has 0 atom stereocenters. The minimum absolute atomic E-state index is 0.0994. The Balaban J connectivity index is 1.17.